The van der Waals surface area contributed by atoms with Crippen LogP contribution in [0.3, 0.4) is 0 Å². The first kappa shape index (κ1) is 17.0. The van der Waals surface area contributed by atoms with Crippen LogP contribution in [0.2, 0.25) is 0 Å². The fraction of sp³-hybridized carbons (Fsp3) is 0.706. The van der Waals surface area contributed by atoms with Crippen LogP contribution in [-0.4, -0.2) is 25.1 Å². The second kappa shape index (κ2) is 7.07. The predicted octanol–water partition coefficient (Wildman–Crippen LogP) is 3.62. The summed E-state index contributed by atoms with van der Waals surface area (Å²) in [5, 5.41) is 3.50. The van der Waals surface area contributed by atoms with Gasteiger partial charge in [0.2, 0.25) is 0 Å². The third-order valence-electron chi connectivity index (χ3n) is 2.98. The Morgan fingerprint density at radius 2 is 1.90 bits per heavy atom. The summed E-state index contributed by atoms with van der Waals surface area (Å²) < 4.78 is 0. The van der Waals surface area contributed by atoms with Gasteiger partial charge in [0.15, 0.2) is 0 Å². The summed E-state index contributed by atoms with van der Waals surface area (Å²) >= 11 is 0. The fourth-order valence-corrected chi connectivity index (χ4v) is 2.32. The molecule has 0 aromatic carbocycles. The Morgan fingerprint density at radius 1 is 1.25 bits per heavy atom. The van der Waals surface area contributed by atoms with Crippen LogP contribution in [0, 0.1) is 18.3 Å². The SMILES string of the molecule is Cc1cc(CNCC(C)C)cc(N(C)CC(C)(C)C)n1. The van der Waals surface area contributed by atoms with Crippen LogP contribution < -0.4 is 10.2 Å². The molecule has 114 valence electrons. The Hall–Kier alpha value is -1.09. The van der Waals surface area contributed by atoms with Gasteiger partial charge < -0.3 is 10.2 Å². The second-order valence-electron chi connectivity index (χ2n) is 7.42. The van der Waals surface area contributed by atoms with Crippen molar-refractivity contribution in [2.45, 2.75) is 48.1 Å². The Balaban J connectivity index is 2.75. The molecule has 1 rings (SSSR count). The van der Waals surface area contributed by atoms with Crippen molar-refractivity contribution in [1.29, 1.82) is 0 Å². The maximum absolute atomic E-state index is 4.66. The largest absolute Gasteiger partial charge is 0.359 e. The van der Waals surface area contributed by atoms with Crippen molar-refractivity contribution in [3.63, 3.8) is 0 Å². The highest BCUT2D eigenvalue weighted by atomic mass is 15.2. The van der Waals surface area contributed by atoms with Crippen LogP contribution in [0.5, 0.6) is 0 Å². The Bertz CT molecular complexity index is 419. The van der Waals surface area contributed by atoms with Crippen molar-refractivity contribution in [3.8, 4) is 0 Å². The molecule has 0 aliphatic rings. The zero-order chi connectivity index (χ0) is 15.3. The molecule has 0 aliphatic carbocycles. The number of hydrogen-bond donors (Lipinski definition) is 1. The maximum Gasteiger partial charge on any atom is 0.128 e. The van der Waals surface area contributed by atoms with E-state index >= 15 is 0 Å². The van der Waals surface area contributed by atoms with Gasteiger partial charge in [-0.1, -0.05) is 34.6 Å². The average Bonchev–Trinajstić information content (AvgIpc) is 2.25. The molecule has 0 saturated carbocycles. The molecular weight excluding hydrogens is 246 g/mol. The molecule has 0 radical (unpaired) electrons. The summed E-state index contributed by atoms with van der Waals surface area (Å²) in [6, 6.07) is 4.37. The van der Waals surface area contributed by atoms with Crippen molar-refractivity contribution >= 4 is 5.82 Å². The molecule has 0 bridgehead atoms. The quantitative estimate of drug-likeness (QED) is 0.861. The summed E-state index contributed by atoms with van der Waals surface area (Å²) in [7, 11) is 2.12. The van der Waals surface area contributed by atoms with Gasteiger partial charge in [-0.25, -0.2) is 4.98 Å². The van der Waals surface area contributed by atoms with Crippen LogP contribution in [-0.2, 0) is 6.54 Å². The standard InChI is InChI=1S/C17H31N3/c1-13(2)10-18-11-15-8-14(3)19-16(9-15)20(7)12-17(4,5)6/h8-9,13,18H,10-12H2,1-7H3. The van der Waals surface area contributed by atoms with Gasteiger partial charge in [0.25, 0.3) is 0 Å². The lowest BCUT2D eigenvalue weighted by Crippen LogP contribution is -2.30. The summed E-state index contributed by atoms with van der Waals surface area (Å²) in [4.78, 5) is 6.91. The smallest absolute Gasteiger partial charge is 0.128 e. The van der Waals surface area contributed by atoms with E-state index in [1.54, 1.807) is 0 Å². The number of hydrogen-bond acceptors (Lipinski definition) is 3. The highest BCUT2D eigenvalue weighted by molar-refractivity contribution is 5.42. The molecule has 1 heterocycles. The van der Waals surface area contributed by atoms with Gasteiger partial charge in [0.05, 0.1) is 0 Å². The number of aryl methyl sites for hydroxylation is 1. The summed E-state index contributed by atoms with van der Waals surface area (Å²) in [5.74, 6) is 1.75. The number of pyridine rings is 1. The highest BCUT2D eigenvalue weighted by Gasteiger charge is 2.15. The molecule has 0 aliphatic heterocycles. The van der Waals surface area contributed by atoms with E-state index < -0.39 is 0 Å². The number of aromatic nitrogens is 1. The minimum absolute atomic E-state index is 0.274. The van der Waals surface area contributed by atoms with Gasteiger partial charge in [-0.05, 0) is 42.5 Å². The molecule has 1 aromatic heterocycles. The molecular formula is C17H31N3. The third kappa shape index (κ3) is 6.38. The minimum atomic E-state index is 0.274. The summed E-state index contributed by atoms with van der Waals surface area (Å²) in [6.07, 6.45) is 0. The highest BCUT2D eigenvalue weighted by Crippen LogP contribution is 2.20. The number of rotatable bonds is 6. The van der Waals surface area contributed by atoms with Crippen LogP contribution in [0.1, 0.15) is 45.9 Å². The summed E-state index contributed by atoms with van der Waals surface area (Å²) in [5.41, 5.74) is 2.68. The van der Waals surface area contributed by atoms with Crippen molar-refractivity contribution in [1.82, 2.24) is 10.3 Å². The van der Waals surface area contributed by atoms with Gasteiger partial charge in [0.1, 0.15) is 5.82 Å². The fourth-order valence-electron chi connectivity index (χ4n) is 2.32. The van der Waals surface area contributed by atoms with E-state index in [4.69, 9.17) is 0 Å². The van der Waals surface area contributed by atoms with E-state index in [0.717, 1.165) is 31.1 Å². The lowest BCUT2D eigenvalue weighted by Gasteiger charge is -2.28. The Labute approximate surface area is 124 Å². The molecule has 0 atom stereocenters. The molecule has 0 spiro atoms. The lowest BCUT2D eigenvalue weighted by molar-refractivity contribution is 0.417. The molecule has 0 fully saturated rings. The zero-order valence-electron chi connectivity index (χ0n) is 14.2. The summed E-state index contributed by atoms with van der Waals surface area (Å²) in [6.45, 7) is 16.3. The molecule has 0 amide bonds. The number of nitrogens with zero attached hydrogens (tertiary/aromatic N) is 2. The lowest BCUT2D eigenvalue weighted by atomic mass is 9.96. The topological polar surface area (TPSA) is 28.2 Å². The third-order valence-corrected chi connectivity index (χ3v) is 2.98. The van der Waals surface area contributed by atoms with E-state index in [1.165, 1.54) is 5.56 Å². The molecule has 3 nitrogen and oxygen atoms in total. The van der Waals surface area contributed by atoms with E-state index in [0.29, 0.717) is 5.92 Å². The van der Waals surface area contributed by atoms with Crippen LogP contribution in [0.25, 0.3) is 0 Å². The van der Waals surface area contributed by atoms with Crippen molar-refractivity contribution in [2.24, 2.45) is 11.3 Å². The molecule has 0 saturated heterocycles. The van der Waals surface area contributed by atoms with Crippen LogP contribution >= 0.6 is 0 Å². The van der Waals surface area contributed by atoms with Gasteiger partial charge in [-0.2, -0.15) is 0 Å². The molecule has 1 N–H and O–H groups in total. The molecule has 0 unspecified atom stereocenters. The predicted molar refractivity (Wildman–Crippen MR) is 88.2 cm³/mol. The normalized spacial score (nSPS) is 12.0. The Morgan fingerprint density at radius 3 is 2.45 bits per heavy atom. The van der Waals surface area contributed by atoms with E-state index in [9.17, 15) is 0 Å². The Kier molecular flexibility index (Phi) is 6.00. The first-order chi connectivity index (χ1) is 9.17. The van der Waals surface area contributed by atoms with Crippen molar-refractivity contribution in [3.05, 3.63) is 23.4 Å². The average molecular weight is 277 g/mol. The number of nitrogens with one attached hydrogen (secondary N) is 1. The van der Waals surface area contributed by atoms with Crippen LogP contribution in [0.15, 0.2) is 12.1 Å². The number of anilines is 1. The molecule has 20 heavy (non-hydrogen) atoms. The zero-order valence-corrected chi connectivity index (χ0v) is 14.2. The van der Waals surface area contributed by atoms with Crippen molar-refractivity contribution in [2.75, 3.05) is 25.0 Å². The van der Waals surface area contributed by atoms with E-state index in [2.05, 4.69) is 75.9 Å². The molecule has 1 aromatic rings. The maximum atomic E-state index is 4.66. The van der Waals surface area contributed by atoms with Crippen LogP contribution in [0.4, 0.5) is 5.82 Å². The van der Waals surface area contributed by atoms with E-state index in [1.807, 2.05) is 0 Å². The second-order valence-corrected chi connectivity index (χ2v) is 7.42. The van der Waals surface area contributed by atoms with Gasteiger partial charge in [-0.15, -0.1) is 0 Å². The van der Waals surface area contributed by atoms with Crippen molar-refractivity contribution < 1.29 is 0 Å². The first-order valence-corrected chi connectivity index (χ1v) is 7.57. The van der Waals surface area contributed by atoms with Gasteiger partial charge in [0, 0.05) is 25.8 Å². The monoisotopic (exact) mass is 277 g/mol. The van der Waals surface area contributed by atoms with Gasteiger partial charge >= 0.3 is 0 Å². The van der Waals surface area contributed by atoms with E-state index in [-0.39, 0.29) is 5.41 Å². The molecule has 3 heteroatoms. The first-order valence-electron chi connectivity index (χ1n) is 7.57. The van der Waals surface area contributed by atoms with Gasteiger partial charge in [-0.3, -0.25) is 0 Å². The minimum Gasteiger partial charge on any atom is -0.359 e.